The number of nitrogens with one attached hydrogen (secondary N) is 2. The van der Waals surface area contributed by atoms with E-state index < -0.39 is 6.10 Å². The Bertz CT molecular complexity index is 403. The monoisotopic (exact) mass is 264 g/mol. The van der Waals surface area contributed by atoms with Crippen molar-refractivity contribution in [3.8, 4) is 0 Å². The van der Waals surface area contributed by atoms with E-state index >= 15 is 0 Å². The molecule has 2 amide bonds. The number of benzene rings is 1. The Morgan fingerprint density at radius 1 is 1.26 bits per heavy atom. The lowest BCUT2D eigenvalue weighted by molar-refractivity contribution is 0.104. The minimum atomic E-state index is -0.488. The van der Waals surface area contributed by atoms with Gasteiger partial charge in [0.05, 0.1) is 6.10 Å². The van der Waals surface area contributed by atoms with Gasteiger partial charge in [0.15, 0.2) is 0 Å². The van der Waals surface area contributed by atoms with Gasteiger partial charge in [-0.15, -0.1) is 0 Å². The number of urea groups is 1. The van der Waals surface area contributed by atoms with Crippen molar-refractivity contribution in [2.75, 3.05) is 11.9 Å². The molecular formula is C15H24N2O2. The second-order valence-corrected chi connectivity index (χ2v) is 4.79. The molecule has 1 aromatic carbocycles. The van der Waals surface area contributed by atoms with Crippen LogP contribution in [0, 0.1) is 12.8 Å². The summed E-state index contributed by atoms with van der Waals surface area (Å²) in [4.78, 5) is 11.7. The zero-order chi connectivity index (χ0) is 14.3. The molecule has 106 valence electrons. The van der Waals surface area contributed by atoms with Crippen LogP contribution in [0.5, 0.6) is 0 Å². The predicted octanol–water partition coefficient (Wildman–Crippen LogP) is 2.91. The molecule has 1 atom stereocenters. The van der Waals surface area contributed by atoms with Gasteiger partial charge in [0.2, 0.25) is 0 Å². The number of aryl methyl sites for hydroxylation is 1. The van der Waals surface area contributed by atoms with Crippen LogP contribution in [0.2, 0.25) is 0 Å². The summed E-state index contributed by atoms with van der Waals surface area (Å²) in [5, 5.41) is 15.4. The number of rotatable bonds is 6. The lowest BCUT2D eigenvalue weighted by atomic mass is 9.97. The van der Waals surface area contributed by atoms with Crippen molar-refractivity contribution < 1.29 is 9.90 Å². The minimum Gasteiger partial charge on any atom is -0.391 e. The summed E-state index contributed by atoms with van der Waals surface area (Å²) in [5.41, 5.74) is 1.80. The summed E-state index contributed by atoms with van der Waals surface area (Å²) in [6.07, 6.45) is 1.34. The van der Waals surface area contributed by atoms with Crippen molar-refractivity contribution in [3.05, 3.63) is 29.8 Å². The molecule has 0 spiro atoms. The molecule has 0 saturated heterocycles. The van der Waals surface area contributed by atoms with Gasteiger partial charge in [0, 0.05) is 12.2 Å². The Balaban J connectivity index is 2.42. The molecule has 0 aliphatic heterocycles. The van der Waals surface area contributed by atoms with Gasteiger partial charge in [-0.05, 0) is 24.5 Å². The number of aliphatic hydroxyl groups excluding tert-OH is 1. The second-order valence-electron chi connectivity index (χ2n) is 4.79. The molecule has 0 bridgehead atoms. The summed E-state index contributed by atoms with van der Waals surface area (Å²) < 4.78 is 0. The highest BCUT2D eigenvalue weighted by Gasteiger charge is 2.16. The third kappa shape index (κ3) is 4.91. The Labute approximate surface area is 115 Å². The first kappa shape index (κ1) is 15.5. The van der Waals surface area contributed by atoms with Crippen LogP contribution >= 0.6 is 0 Å². The van der Waals surface area contributed by atoms with E-state index in [4.69, 9.17) is 0 Å². The molecule has 4 nitrogen and oxygen atoms in total. The molecule has 0 heterocycles. The van der Waals surface area contributed by atoms with Crippen LogP contribution in [-0.4, -0.2) is 23.8 Å². The largest absolute Gasteiger partial charge is 0.391 e. The minimum absolute atomic E-state index is 0.235. The Morgan fingerprint density at radius 3 is 2.47 bits per heavy atom. The fourth-order valence-corrected chi connectivity index (χ4v) is 2.08. The average Bonchev–Trinajstić information content (AvgIpc) is 2.40. The van der Waals surface area contributed by atoms with E-state index in [1.807, 2.05) is 45.0 Å². The van der Waals surface area contributed by atoms with Gasteiger partial charge in [0.25, 0.3) is 0 Å². The molecular weight excluding hydrogens is 240 g/mol. The maximum absolute atomic E-state index is 11.7. The van der Waals surface area contributed by atoms with Gasteiger partial charge in [0.1, 0.15) is 0 Å². The first-order valence-corrected chi connectivity index (χ1v) is 6.87. The summed E-state index contributed by atoms with van der Waals surface area (Å²) in [6.45, 7) is 6.31. The normalized spacial score (nSPS) is 12.3. The highest BCUT2D eigenvalue weighted by atomic mass is 16.3. The number of carbonyl (C=O) groups is 1. The zero-order valence-electron chi connectivity index (χ0n) is 11.9. The molecule has 0 radical (unpaired) electrons. The van der Waals surface area contributed by atoms with E-state index in [0.29, 0.717) is 0 Å². The fourth-order valence-electron chi connectivity index (χ4n) is 2.08. The fraction of sp³-hybridized carbons (Fsp3) is 0.533. The Morgan fingerprint density at radius 2 is 1.89 bits per heavy atom. The third-order valence-corrected chi connectivity index (χ3v) is 3.46. The van der Waals surface area contributed by atoms with E-state index in [1.165, 1.54) is 0 Å². The van der Waals surface area contributed by atoms with Gasteiger partial charge in [-0.25, -0.2) is 4.79 Å². The van der Waals surface area contributed by atoms with Crippen molar-refractivity contribution in [1.29, 1.82) is 0 Å². The number of amides is 2. The molecule has 4 heteroatoms. The molecule has 3 N–H and O–H groups in total. The van der Waals surface area contributed by atoms with Crippen LogP contribution in [0.1, 0.15) is 32.3 Å². The van der Waals surface area contributed by atoms with E-state index in [-0.39, 0.29) is 18.5 Å². The number of para-hydroxylation sites is 1. The number of carbonyl (C=O) groups excluding carboxylic acids is 1. The van der Waals surface area contributed by atoms with Crippen molar-refractivity contribution >= 4 is 11.7 Å². The van der Waals surface area contributed by atoms with Gasteiger partial charge in [-0.1, -0.05) is 44.9 Å². The number of hydrogen-bond donors (Lipinski definition) is 3. The van der Waals surface area contributed by atoms with Crippen molar-refractivity contribution in [1.82, 2.24) is 5.32 Å². The zero-order valence-corrected chi connectivity index (χ0v) is 11.9. The maximum Gasteiger partial charge on any atom is 0.319 e. The predicted molar refractivity (Wildman–Crippen MR) is 78.3 cm³/mol. The van der Waals surface area contributed by atoms with E-state index in [0.717, 1.165) is 24.1 Å². The first-order chi connectivity index (χ1) is 9.08. The molecule has 1 rings (SSSR count). The highest BCUT2D eigenvalue weighted by molar-refractivity contribution is 5.89. The summed E-state index contributed by atoms with van der Waals surface area (Å²) in [6, 6.07) is 7.32. The molecule has 0 aliphatic carbocycles. The smallest absolute Gasteiger partial charge is 0.319 e. The van der Waals surface area contributed by atoms with Crippen molar-refractivity contribution in [2.45, 2.75) is 39.7 Å². The van der Waals surface area contributed by atoms with Gasteiger partial charge in [-0.2, -0.15) is 0 Å². The quantitative estimate of drug-likeness (QED) is 0.740. The third-order valence-electron chi connectivity index (χ3n) is 3.46. The van der Waals surface area contributed by atoms with Gasteiger partial charge in [-0.3, -0.25) is 0 Å². The van der Waals surface area contributed by atoms with Crippen LogP contribution in [-0.2, 0) is 0 Å². The Kier molecular flexibility index (Phi) is 6.36. The van der Waals surface area contributed by atoms with Crippen LogP contribution < -0.4 is 10.6 Å². The molecule has 19 heavy (non-hydrogen) atoms. The lowest BCUT2D eigenvalue weighted by Crippen LogP contribution is -2.38. The Hall–Kier alpha value is -1.55. The summed E-state index contributed by atoms with van der Waals surface area (Å²) >= 11 is 0. The molecule has 1 unspecified atom stereocenters. The summed E-state index contributed by atoms with van der Waals surface area (Å²) in [7, 11) is 0. The molecule has 0 aromatic heterocycles. The topological polar surface area (TPSA) is 61.4 Å². The maximum atomic E-state index is 11.7. The van der Waals surface area contributed by atoms with E-state index in [2.05, 4.69) is 10.6 Å². The van der Waals surface area contributed by atoms with Crippen molar-refractivity contribution in [2.24, 2.45) is 5.92 Å². The molecule has 0 saturated carbocycles. The molecule has 0 fully saturated rings. The standard InChI is InChI=1S/C15H24N2O2/c1-4-12(5-2)14(18)10-16-15(19)17-13-9-7-6-8-11(13)3/h6-9,12,14,18H,4-5,10H2,1-3H3,(H2,16,17,19). The number of hydrogen-bond acceptors (Lipinski definition) is 2. The molecule has 1 aromatic rings. The van der Waals surface area contributed by atoms with E-state index in [1.54, 1.807) is 0 Å². The number of anilines is 1. The second kappa shape index (κ2) is 7.79. The van der Waals surface area contributed by atoms with Crippen LogP contribution in [0.15, 0.2) is 24.3 Å². The van der Waals surface area contributed by atoms with Crippen LogP contribution in [0.25, 0.3) is 0 Å². The highest BCUT2D eigenvalue weighted by Crippen LogP contribution is 2.14. The summed E-state index contributed by atoms with van der Waals surface area (Å²) in [5.74, 6) is 0.235. The van der Waals surface area contributed by atoms with Gasteiger partial charge < -0.3 is 15.7 Å². The SMILES string of the molecule is CCC(CC)C(O)CNC(=O)Nc1ccccc1C. The number of aliphatic hydroxyl groups is 1. The van der Waals surface area contributed by atoms with Gasteiger partial charge >= 0.3 is 6.03 Å². The van der Waals surface area contributed by atoms with Crippen LogP contribution in [0.3, 0.4) is 0 Å². The average molecular weight is 264 g/mol. The lowest BCUT2D eigenvalue weighted by Gasteiger charge is -2.20. The molecule has 0 aliphatic rings. The van der Waals surface area contributed by atoms with Crippen LogP contribution in [0.4, 0.5) is 10.5 Å². The first-order valence-electron chi connectivity index (χ1n) is 6.87. The van der Waals surface area contributed by atoms with Crippen molar-refractivity contribution in [3.63, 3.8) is 0 Å². The van der Waals surface area contributed by atoms with E-state index in [9.17, 15) is 9.90 Å².